The van der Waals surface area contributed by atoms with Crippen LogP contribution in [0.4, 0.5) is 13.2 Å². The van der Waals surface area contributed by atoms with Crippen LogP contribution < -0.4 is 9.47 Å². The number of ether oxygens (including phenoxy) is 3. The van der Waals surface area contributed by atoms with Crippen LogP contribution in [0, 0.1) is 5.92 Å². The number of aliphatic hydroxyl groups is 1. The molecule has 0 aliphatic rings. The number of nitrogens with zero attached hydrogens (tertiary/aromatic N) is 1. The van der Waals surface area contributed by atoms with Gasteiger partial charge in [0.25, 0.3) is 0 Å². The van der Waals surface area contributed by atoms with E-state index in [0.717, 1.165) is 6.42 Å². The molecule has 1 N–H and O–H groups in total. The van der Waals surface area contributed by atoms with Crippen molar-refractivity contribution >= 4 is 16.9 Å². The zero-order valence-corrected chi connectivity index (χ0v) is 21.8. The lowest BCUT2D eigenvalue weighted by Crippen LogP contribution is -2.17. The normalized spacial score (nSPS) is 12.6. The predicted molar refractivity (Wildman–Crippen MR) is 137 cm³/mol. The number of aliphatic hydroxyl groups excluding tert-OH is 1. The minimum Gasteiger partial charge on any atom is -0.491 e. The van der Waals surface area contributed by atoms with Crippen molar-refractivity contribution in [1.82, 2.24) is 4.57 Å². The minimum atomic E-state index is -4.83. The highest BCUT2D eigenvalue weighted by molar-refractivity contribution is 5.87. The van der Waals surface area contributed by atoms with Crippen LogP contribution in [0.15, 0.2) is 53.1 Å². The molecular weight excluding hydrogens is 503 g/mol. The second-order valence-electron chi connectivity index (χ2n) is 9.64. The largest absolute Gasteiger partial charge is 0.573 e. The molecule has 7 nitrogen and oxygen atoms in total. The minimum absolute atomic E-state index is 0.0479. The number of halogens is 3. The lowest BCUT2D eigenvalue weighted by molar-refractivity contribution is -0.274. The molecule has 0 saturated carbocycles. The van der Waals surface area contributed by atoms with Gasteiger partial charge in [0.2, 0.25) is 0 Å². The SMILES string of the molecule is C=C(C)C(=O)OCCCCC(O)COc1ccc2cc(-c3c(OC(F)(F)F)ccn3CCC(C)C)oc2c1. The third-order valence-electron chi connectivity index (χ3n) is 5.78. The van der Waals surface area contributed by atoms with Crippen molar-refractivity contribution in [2.75, 3.05) is 13.2 Å². The average molecular weight is 538 g/mol. The molecule has 0 aliphatic heterocycles. The van der Waals surface area contributed by atoms with E-state index in [1.165, 1.54) is 6.07 Å². The van der Waals surface area contributed by atoms with Crippen LogP contribution in [0.5, 0.6) is 11.5 Å². The first-order valence-electron chi connectivity index (χ1n) is 12.5. The first-order chi connectivity index (χ1) is 17.9. The number of benzene rings is 1. The van der Waals surface area contributed by atoms with Gasteiger partial charge in [0.1, 0.15) is 23.6 Å². The maximum Gasteiger partial charge on any atom is 0.573 e. The smallest absolute Gasteiger partial charge is 0.491 e. The fourth-order valence-corrected chi connectivity index (χ4v) is 3.77. The van der Waals surface area contributed by atoms with Crippen molar-refractivity contribution in [3.63, 3.8) is 0 Å². The van der Waals surface area contributed by atoms with Crippen molar-refractivity contribution in [3.8, 4) is 23.0 Å². The molecule has 10 heteroatoms. The van der Waals surface area contributed by atoms with Crippen LogP contribution in [0.3, 0.4) is 0 Å². The molecule has 0 spiro atoms. The summed E-state index contributed by atoms with van der Waals surface area (Å²) in [6.45, 7) is 9.99. The van der Waals surface area contributed by atoms with E-state index in [0.29, 0.717) is 54.0 Å². The van der Waals surface area contributed by atoms with E-state index in [-0.39, 0.29) is 30.4 Å². The van der Waals surface area contributed by atoms with Gasteiger partial charge in [-0.25, -0.2) is 4.79 Å². The number of carbonyl (C=O) groups is 1. The molecule has 0 bridgehead atoms. The molecule has 2 heterocycles. The number of fused-ring (bicyclic) bond motifs is 1. The van der Waals surface area contributed by atoms with Gasteiger partial charge in [-0.05, 0) is 62.8 Å². The number of esters is 1. The Kier molecular flexibility index (Phi) is 9.90. The van der Waals surface area contributed by atoms with E-state index in [2.05, 4.69) is 11.3 Å². The highest BCUT2D eigenvalue weighted by Crippen LogP contribution is 2.38. The Morgan fingerprint density at radius 3 is 2.61 bits per heavy atom. The van der Waals surface area contributed by atoms with Crippen LogP contribution >= 0.6 is 0 Å². The summed E-state index contributed by atoms with van der Waals surface area (Å²) >= 11 is 0. The molecule has 2 aromatic heterocycles. The third-order valence-corrected chi connectivity index (χ3v) is 5.78. The maximum absolute atomic E-state index is 13.0. The summed E-state index contributed by atoms with van der Waals surface area (Å²) in [6, 6.07) is 8.03. The molecule has 0 aliphatic carbocycles. The number of alkyl halides is 3. The molecule has 1 atom stereocenters. The number of aromatic nitrogens is 1. The van der Waals surface area contributed by atoms with Crippen LogP contribution in [0.1, 0.15) is 46.5 Å². The van der Waals surface area contributed by atoms with Crippen molar-refractivity contribution in [1.29, 1.82) is 0 Å². The van der Waals surface area contributed by atoms with E-state index >= 15 is 0 Å². The van der Waals surface area contributed by atoms with Crippen molar-refractivity contribution in [3.05, 3.63) is 48.7 Å². The fraction of sp³-hybridized carbons (Fsp3) is 0.464. The predicted octanol–water partition coefficient (Wildman–Crippen LogP) is 6.88. The van der Waals surface area contributed by atoms with Gasteiger partial charge in [0.15, 0.2) is 11.5 Å². The first kappa shape index (κ1) is 29.2. The zero-order chi connectivity index (χ0) is 27.9. The Hall–Kier alpha value is -3.40. The van der Waals surface area contributed by atoms with Gasteiger partial charge < -0.3 is 28.3 Å². The fourth-order valence-electron chi connectivity index (χ4n) is 3.77. The lowest BCUT2D eigenvalue weighted by atomic mass is 10.1. The van der Waals surface area contributed by atoms with E-state index in [1.807, 2.05) is 13.8 Å². The Bertz CT molecular complexity index is 1230. The standard InChI is InChI=1S/C28H34F3NO6/c1-18(2)10-12-32-13-11-23(38-28(29,30)31)26(32)25-15-20-8-9-22(16-24(20)37-25)36-17-21(33)7-5-6-14-35-27(34)19(3)4/h8-9,11,13,15-16,18,21,33H,3,5-7,10,12,14,17H2,1-2,4H3. The molecule has 0 saturated heterocycles. The number of aryl methyl sites for hydroxylation is 1. The highest BCUT2D eigenvalue weighted by Gasteiger charge is 2.34. The number of hydrogen-bond acceptors (Lipinski definition) is 6. The number of hydrogen-bond donors (Lipinski definition) is 1. The molecule has 0 amide bonds. The van der Waals surface area contributed by atoms with Crippen LogP contribution in [0.2, 0.25) is 0 Å². The van der Waals surface area contributed by atoms with Gasteiger partial charge in [-0.3, -0.25) is 0 Å². The van der Waals surface area contributed by atoms with Gasteiger partial charge in [0, 0.05) is 29.8 Å². The lowest BCUT2D eigenvalue weighted by Gasteiger charge is -2.13. The third kappa shape index (κ3) is 8.58. The topological polar surface area (TPSA) is 83.1 Å². The van der Waals surface area contributed by atoms with Crippen molar-refractivity contribution < 1.29 is 41.7 Å². The Balaban J connectivity index is 1.64. The molecule has 208 valence electrons. The van der Waals surface area contributed by atoms with E-state index in [9.17, 15) is 23.1 Å². The average Bonchev–Trinajstić information content (AvgIpc) is 3.42. The highest BCUT2D eigenvalue weighted by atomic mass is 19.4. The Morgan fingerprint density at radius 1 is 1.16 bits per heavy atom. The van der Waals surface area contributed by atoms with Crippen molar-refractivity contribution in [2.24, 2.45) is 5.92 Å². The number of rotatable bonds is 14. The summed E-state index contributed by atoms with van der Waals surface area (Å²) in [4.78, 5) is 11.4. The number of carbonyl (C=O) groups excluding carboxylic acids is 1. The van der Waals surface area contributed by atoms with Gasteiger partial charge in [-0.15, -0.1) is 13.2 Å². The maximum atomic E-state index is 13.0. The summed E-state index contributed by atoms with van der Waals surface area (Å²) in [5.41, 5.74) is 0.987. The summed E-state index contributed by atoms with van der Waals surface area (Å²) in [7, 11) is 0. The molecule has 38 heavy (non-hydrogen) atoms. The molecule has 1 unspecified atom stereocenters. The van der Waals surface area contributed by atoms with Crippen molar-refractivity contribution in [2.45, 2.75) is 65.5 Å². The molecule has 3 rings (SSSR count). The molecule has 3 aromatic rings. The van der Waals surface area contributed by atoms with Crippen LogP contribution in [-0.2, 0) is 16.1 Å². The van der Waals surface area contributed by atoms with Crippen LogP contribution in [0.25, 0.3) is 22.4 Å². The molecule has 0 radical (unpaired) electrons. The number of unbranched alkanes of at least 4 members (excludes halogenated alkanes) is 1. The second-order valence-corrected chi connectivity index (χ2v) is 9.64. The summed E-state index contributed by atoms with van der Waals surface area (Å²) in [5, 5.41) is 10.9. The second kappa shape index (κ2) is 12.9. The molecule has 1 aromatic carbocycles. The molecular formula is C28H34F3NO6. The van der Waals surface area contributed by atoms with Crippen LogP contribution in [-0.4, -0.2) is 41.3 Å². The Morgan fingerprint density at radius 2 is 1.92 bits per heavy atom. The van der Waals surface area contributed by atoms with Gasteiger partial charge in [-0.2, -0.15) is 0 Å². The summed E-state index contributed by atoms with van der Waals surface area (Å²) < 4.78 is 61.7. The van der Waals surface area contributed by atoms with Gasteiger partial charge in [0.05, 0.1) is 12.7 Å². The van der Waals surface area contributed by atoms with E-state index < -0.39 is 18.4 Å². The van der Waals surface area contributed by atoms with E-state index in [1.54, 1.807) is 42.0 Å². The monoisotopic (exact) mass is 537 g/mol. The van der Waals surface area contributed by atoms with E-state index in [4.69, 9.17) is 13.9 Å². The van der Waals surface area contributed by atoms with Gasteiger partial charge in [-0.1, -0.05) is 20.4 Å². The Labute approximate surface area is 219 Å². The number of furan rings is 1. The summed E-state index contributed by atoms with van der Waals surface area (Å²) in [6.07, 6.45) is -1.50. The van der Waals surface area contributed by atoms with Gasteiger partial charge >= 0.3 is 12.3 Å². The molecule has 0 fully saturated rings. The first-order valence-corrected chi connectivity index (χ1v) is 12.5. The zero-order valence-electron chi connectivity index (χ0n) is 21.8. The quantitative estimate of drug-likeness (QED) is 0.137. The summed E-state index contributed by atoms with van der Waals surface area (Å²) in [5.74, 6) is 0.307.